The summed E-state index contributed by atoms with van der Waals surface area (Å²) in [6.45, 7) is 9.66. The van der Waals surface area contributed by atoms with Crippen molar-refractivity contribution >= 4 is 11.9 Å². The molecule has 1 aromatic rings. The highest BCUT2D eigenvalue weighted by Crippen LogP contribution is 2.42. The molecule has 1 fully saturated rings. The topological polar surface area (TPSA) is 96.1 Å². The van der Waals surface area contributed by atoms with Crippen LogP contribution in [-0.2, 0) is 16.0 Å². The number of fused-ring (bicyclic) bond motifs is 1. The monoisotopic (exact) mass is 473 g/mol. The number of carboxylic acid groups (broad SMARTS) is 1. The average Bonchev–Trinajstić information content (AvgIpc) is 3.41. The first kappa shape index (κ1) is 26.5. The number of hydrogen-bond acceptors (Lipinski definition) is 5. The number of nitrogens with zero attached hydrogens (tertiary/aromatic N) is 2. The number of aliphatic carboxylic acids is 1. The maximum atomic E-state index is 13.3. The molecule has 3 rings (SSSR count). The Hall–Kier alpha value is -2.12. The molecule has 0 saturated carbocycles. The Morgan fingerprint density at radius 2 is 2.06 bits per heavy atom. The summed E-state index contributed by atoms with van der Waals surface area (Å²) >= 11 is 0. The molecule has 2 aliphatic heterocycles. The van der Waals surface area contributed by atoms with Crippen molar-refractivity contribution in [2.75, 3.05) is 39.3 Å². The van der Waals surface area contributed by atoms with Crippen LogP contribution in [0.5, 0.6) is 5.75 Å². The van der Waals surface area contributed by atoms with Gasteiger partial charge in [-0.25, -0.2) is 0 Å². The van der Waals surface area contributed by atoms with E-state index < -0.39 is 11.9 Å². The van der Waals surface area contributed by atoms with E-state index in [1.807, 2.05) is 17.0 Å². The molecule has 1 aromatic carbocycles. The van der Waals surface area contributed by atoms with E-state index in [1.165, 1.54) is 0 Å². The maximum absolute atomic E-state index is 13.3. The number of likely N-dealkylation sites (tertiary alicyclic amines) is 1. The molecule has 0 aromatic heterocycles. The number of unbranched alkanes of at least 4 members (excludes halogenated alkanes) is 1. The molecule has 0 bridgehead atoms. The molecule has 7 heteroatoms. The molecule has 34 heavy (non-hydrogen) atoms. The predicted molar refractivity (Wildman–Crippen MR) is 134 cm³/mol. The van der Waals surface area contributed by atoms with Crippen molar-refractivity contribution in [1.29, 1.82) is 0 Å². The fourth-order valence-electron chi connectivity index (χ4n) is 5.72. The Kier molecular flexibility index (Phi) is 9.77. The summed E-state index contributed by atoms with van der Waals surface area (Å²) in [6, 6.07) is 5.96. The van der Waals surface area contributed by atoms with Crippen LogP contribution >= 0.6 is 0 Å². The molecule has 0 aliphatic carbocycles. The van der Waals surface area contributed by atoms with Crippen molar-refractivity contribution in [3.05, 3.63) is 29.3 Å². The smallest absolute Gasteiger partial charge is 0.308 e. The van der Waals surface area contributed by atoms with Crippen LogP contribution in [0.3, 0.4) is 0 Å². The van der Waals surface area contributed by atoms with E-state index in [0.29, 0.717) is 38.7 Å². The second-order valence-corrected chi connectivity index (χ2v) is 10.1. The van der Waals surface area contributed by atoms with E-state index in [1.54, 1.807) is 0 Å². The van der Waals surface area contributed by atoms with Gasteiger partial charge in [0.2, 0.25) is 5.91 Å². The molecule has 2 heterocycles. The van der Waals surface area contributed by atoms with E-state index in [9.17, 15) is 14.7 Å². The van der Waals surface area contributed by atoms with Gasteiger partial charge >= 0.3 is 5.97 Å². The van der Waals surface area contributed by atoms with Crippen LogP contribution < -0.4 is 10.5 Å². The molecular formula is C27H43N3O4. The van der Waals surface area contributed by atoms with E-state index in [-0.39, 0.29) is 24.4 Å². The van der Waals surface area contributed by atoms with Gasteiger partial charge in [0.1, 0.15) is 5.75 Å². The van der Waals surface area contributed by atoms with Crippen LogP contribution in [0, 0.1) is 11.8 Å². The highest BCUT2D eigenvalue weighted by Gasteiger charge is 2.47. The molecule has 2 aliphatic rings. The lowest BCUT2D eigenvalue weighted by molar-refractivity contribution is -0.144. The second kappa shape index (κ2) is 12.5. The Balaban J connectivity index is 1.87. The number of carbonyl (C=O) groups excluding carboxylic acids is 1. The minimum Gasteiger partial charge on any atom is -0.493 e. The molecule has 1 unspecified atom stereocenters. The van der Waals surface area contributed by atoms with E-state index >= 15 is 0 Å². The number of amides is 1. The first-order chi connectivity index (χ1) is 16.4. The summed E-state index contributed by atoms with van der Waals surface area (Å²) in [6.07, 6.45) is 5.73. The van der Waals surface area contributed by atoms with E-state index in [0.717, 1.165) is 55.4 Å². The molecule has 0 spiro atoms. The Bertz CT molecular complexity index is 830. The molecule has 4 atom stereocenters. The third-order valence-electron chi connectivity index (χ3n) is 7.47. The number of nitrogens with two attached hydrogens (primary N) is 1. The SMILES string of the molecule is CCCCN(CCN)C(=O)CN1C[C@H](c2ccc3c(c2)CCO3)[C@@H](C(=O)O)[C@@H]1CC(C)CCC. The maximum Gasteiger partial charge on any atom is 0.308 e. The van der Waals surface area contributed by atoms with Gasteiger partial charge in [-0.1, -0.05) is 52.2 Å². The average molecular weight is 474 g/mol. The standard InChI is InChI=1S/C27H43N3O4/c1-4-6-12-29(13-11-28)25(31)18-30-17-22(20-8-9-24-21(16-20)10-14-34-24)26(27(32)33)23(30)15-19(3)7-5-2/h8-9,16,19,22-23,26H,4-7,10-15,17-18,28H2,1-3H3,(H,32,33)/t19?,22-,23+,26-/m1/s1. The van der Waals surface area contributed by atoms with Crippen LogP contribution in [0.4, 0.5) is 0 Å². The molecule has 1 saturated heterocycles. The molecule has 1 amide bonds. The van der Waals surface area contributed by atoms with Crippen LogP contribution in [0.2, 0.25) is 0 Å². The normalized spacial score (nSPS) is 22.9. The third-order valence-corrected chi connectivity index (χ3v) is 7.47. The highest BCUT2D eigenvalue weighted by atomic mass is 16.5. The van der Waals surface area contributed by atoms with Gasteiger partial charge in [0.05, 0.1) is 19.1 Å². The van der Waals surface area contributed by atoms with Crippen LogP contribution in [-0.4, -0.2) is 72.2 Å². The van der Waals surface area contributed by atoms with Gasteiger partial charge in [-0.3, -0.25) is 14.5 Å². The van der Waals surface area contributed by atoms with Crippen molar-refractivity contribution in [2.45, 2.75) is 71.3 Å². The van der Waals surface area contributed by atoms with Crippen LogP contribution in [0.25, 0.3) is 0 Å². The van der Waals surface area contributed by atoms with E-state index in [4.69, 9.17) is 10.5 Å². The number of ether oxygens (including phenoxy) is 1. The summed E-state index contributed by atoms with van der Waals surface area (Å²) in [4.78, 5) is 29.9. The summed E-state index contributed by atoms with van der Waals surface area (Å²) in [5, 5.41) is 10.3. The lowest BCUT2D eigenvalue weighted by atomic mass is 9.81. The molecular weight excluding hydrogens is 430 g/mol. The highest BCUT2D eigenvalue weighted by molar-refractivity contribution is 5.79. The number of carbonyl (C=O) groups is 2. The van der Waals surface area contributed by atoms with Crippen molar-refractivity contribution < 1.29 is 19.4 Å². The fourth-order valence-corrected chi connectivity index (χ4v) is 5.72. The van der Waals surface area contributed by atoms with Gasteiger partial charge in [0, 0.05) is 44.6 Å². The van der Waals surface area contributed by atoms with Crippen molar-refractivity contribution in [2.24, 2.45) is 17.6 Å². The lowest BCUT2D eigenvalue weighted by Gasteiger charge is -2.31. The quantitative estimate of drug-likeness (QED) is 0.455. The van der Waals surface area contributed by atoms with Crippen molar-refractivity contribution in [1.82, 2.24) is 9.80 Å². The zero-order valence-corrected chi connectivity index (χ0v) is 21.2. The molecule has 7 nitrogen and oxygen atoms in total. The zero-order valence-electron chi connectivity index (χ0n) is 21.2. The van der Waals surface area contributed by atoms with Gasteiger partial charge in [-0.15, -0.1) is 0 Å². The Morgan fingerprint density at radius 3 is 2.74 bits per heavy atom. The fraction of sp³-hybridized carbons (Fsp3) is 0.704. The number of carboxylic acids is 1. The Labute approximate surface area is 204 Å². The first-order valence-electron chi connectivity index (χ1n) is 13.1. The zero-order chi connectivity index (χ0) is 24.7. The molecule has 190 valence electrons. The van der Waals surface area contributed by atoms with Gasteiger partial charge in [-0.05, 0) is 36.0 Å². The van der Waals surface area contributed by atoms with Crippen LogP contribution in [0.15, 0.2) is 18.2 Å². The summed E-state index contributed by atoms with van der Waals surface area (Å²) < 4.78 is 5.66. The number of hydrogen-bond donors (Lipinski definition) is 2. The van der Waals surface area contributed by atoms with Crippen LogP contribution in [0.1, 0.15) is 69.9 Å². The van der Waals surface area contributed by atoms with Gasteiger partial charge in [0.25, 0.3) is 0 Å². The first-order valence-corrected chi connectivity index (χ1v) is 13.1. The predicted octanol–water partition coefficient (Wildman–Crippen LogP) is 3.50. The lowest BCUT2D eigenvalue weighted by Crippen LogP contribution is -2.46. The van der Waals surface area contributed by atoms with Crippen molar-refractivity contribution in [3.63, 3.8) is 0 Å². The molecule has 0 radical (unpaired) electrons. The van der Waals surface area contributed by atoms with Gasteiger partial charge in [-0.2, -0.15) is 0 Å². The molecule has 3 N–H and O–H groups in total. The largest absolute Gasteiger partial charge is 0.493 e. The number of rotatable bonds is 13. The summed E-state index contributed by atoms with van der Waals surface area (Å²) in [5.74, 6) is -0.0851. The second-order valence-electron chi connectivity index (χ2n) is 10.1. The minimum atomic E-state index is -0.768. The summed E-state index contributed by atoms with van der Waals surface area (Å²) in [7, 11) is 0. The number of benzene rings is 1. The van der Waals surface area contributed by atoms with Gasteiger partial charge in [0.15, 0.2) is 0 Å². The third kappa shape index (κ3) is 6.30. The summed E-state index contributed by atoms with van der Waals surface area (Å²) in [5.41, 5.74) is 7.98. The van der Waals surface area contributed by atoms with Gasteiger partial charge < -0.3 is 20.5 Å². The minimum absolute atomic E-state index is 0.0548. The van der Waals surface area contributed by atoms with Crippen molar-refractivity contribution in [3.8, 4) is 5.75 Å². The Morgan fingerprint density at radius 1 is 1.26 bits per heavy atom. The van der Waals surface area contributed by atoms with E-state index in [2.05, 4.69) is 31.7 Å².